The number of aryl methyl sites for hydroxylation is 2. The summed E-state index contributed by atoms with van der Waals surface area (Å²) in [5, 5.41) is 20.6. The number of fused-ring (bicyclic) bond motifs is 1. The van der Waals surface area contributed by atoms with E-state index in [0.29, 0.717) is 22.9 Å². The standard InChI is InChI=1S/C22H26N2O4S.CH2O3/c1-13-8-18-19(28-12-27-18)10-16(13)11-23-21(26)17-9-14(2)29-22(17)24-20(25)15-6-4-3-5-7-15;2-1(3)4/h8-10,15H,3-7,11-12H2,1-2H3,(H,23,26)(H,24,25);(H2,2,3,4). The molecule has 9 nitrogen and oxygen atoms in total. The molecule has 1 aliphatic carbocycles. The highest BCUT2D eigenvalue weighted by atomic mass is 32.1. The van der Waals surface area contributed by atoms with E-state index in [2.05, 4.69) is 10.6 Å². The van der Waals surface area contributed by atoms with Crippen molar-refractivity contribution in [3.05, 3.63) is 39.8 Å². The second-order valence-electron chi connectivity index (χ2n) is 8.02. The molecule has 0 bridgehead atoms. The lowest BCUT2D eigenvalue weighted by atomic mass is 9.89. The minimum absolute atomic E-state index is 0.0345. The zero-order chi connectivity index (χ0) is 24.0. The Balaban J connectivity index is 0.000000709. The molecule has 2 amide bonds. The van der Waals surface area contributed by atoms with Crippen LogP contribution < -0.4 is 20.1 Å². The Morgan fingerprint density at radius 1 is 1.03 bits per heavy atom. The van der Waals surface area contributed by atoms with Gasteiger partial charge in [-0.25, -0.2) is 4.79 Å². The molecule has 2 heterocycles. The van der Waals surface area contributed by atoms with E-state index in [0.717, 1.165) is 47.4 Å². The number of nitrogens with one attached hydrogen (secondary N) is 2. The van der Waals surface area contributed by atoms with Crippen molar-refractivity contribution in [3.8, 4) is 11.5 Å². The van der Waals surface area contributed by atoms with Crippen molar-refractivity contribution < 1.29 is 34.1 Å². The molecule has 4 N–H and O–H groups in total. The highest BCUT2D eigenvalue weighted by molar-refractivity contribution is 7.16. The molecule has 0 unspecified atom stereocenters. The first-order chi connectivity index (χ1) is 15.7. The van der Waals surface area contributed by atoms with Gasteiger partial charge in [0.1, 0.15) is 5.00 Å². The molecule has 2 aromatic rings. The van der Waals surface area contributed by atoms with Crippen molar-refractivity contribution in [1.29, 1.82) is 0 Å². The molecule has 1 aliphatic heterocycles. The number of hydrogen-bond donors (Lipinski definition) is 4. The van der Waals surface area contributed by atoms with E-state index < -0.39 is 6.16 Å². The number of rotatable bonds is 5. The van der Waals surface area contributed by atoms with Gasteiger partial charge < -0.3 is 30.3 Å². The maximum absolute atomic E-state index is 12.8. The number of thiophene rings is 1. The number of amides is 2. The Labute approximate surface area is 195 Å². The Hall–Kier alpha value is -3.27. The van der Waals surface area contributed by atoms with Crippen LogP contribution in [-0.4, -0.2) is 35.0 Å². The van der Waals surface area contributed by atoms with Crippen molar-refractivity contribution in [1.82, 2.24) is 5.32 Å². The van der Waals surface area contributed by atoms with E-state index >= 15 is 0 Å². The minimum atomic E-state index is -1.83. The number of ether oxygens (including phenoxy) is 2. The normalized spacial score (nSPS) is 14.7. The van der Waals surface area contributed by atoms with Crippen molar-refractivity contribution in [3.63, 3.8) is 0 Å². The van der Waals surface area contributed by atoms with Crippen LogP contribution in [0.25, 0.3) is 0 Å². The maximum atomic E-state index is 12.8. The highest BCUT2D eigenvalue weighted by Gasteiger charge is 2.24. The molecule has 10 heteroatoms. The predicted octanol–water partition coefficient (Wildman–Crippen LogP) is 4.76. The molecule has 0 spiro atoms. The van der Waals surface area contributed by atoms with Crippen LogP contribution in [0, 0.1) is 19.8 Å². The molecule has 33 heavy (non-hydrogen) atoms. The van der Waals surface area contributed by atoms with Crippen LogP contribution >= 0.6 is 11.3 Å². The van der Waals surface area contributed by atoms with Crippen LogP contribution in [-0.2, 0) is 11.3 Å². The molecule has 178 valence electrons. The summed E-state index contributed by atoms with van der Waals surface area (Å²) in [7, 11) is 0. The smallest absolute Gasteiger partial charge is 0.454 e. The van der Waals surface area contributed by atoms with Gasteiger partial charge in [-0.1, -0.05) is 19.3 Å². The second kappa shape index (κ2) is 11.0. The van der Waals surface area contributed by atoms with Gasteiger partial charge in [-0.05, 0) is 56.0 Å². The van der Waals surface area contributed by atoms with E-state index in [9.17, 15) is 9.59 Å². The first-order valence-corrected chi connectivity index (χ1v) is 11.6. The van der Waals surface area contributed by atoms with Crippen molar-refractivity contribution in [2.24, 2.45) is 5.92 Å². The zero-order valence-corrected chi connectivity index (χ0v) is 19.4. The van der Waals surface area contributed by atoms with Gasteiger partial charge in [0.05, 0.1) is 5.56 Å². The number of anilines is 1. The van der Waals surface area contributed by atoms with Gasteiger partial charge in [-0.15, -0.1) is 11.3 Å². The van der Waals surface area contributed by atoms with Crippen LogP contribution in [0.4, 0.5) is 9.80 Å². The molecular formula is C23H28N2O7S. The van der Waals surface area contributed by atoms with E-state index in [1.807, 2.05) is 32.0 Å². The average molecular weight is 477 g/mol. The highest BCUT2D eigenvalue weighted by Crippen LogP contribution is 2.35. The van der Waals surface area contributed by atoms with E-state index in [1.54, 1.807) is 0 Å². The maximum Gasteiger partial charge on any atom is 0.503 e. The summed E-state index contributed by atoms with van der Waals surface area (Å²) in [6.07, 6.45) is 3.44. The van der Waals surface area contributed by atoms with Gasteiger partial charge in [-0.3, -0.25) is 9.59 Å². The Bertz CT molecular complexity index is 1020. The average Bonchev–Trinajstić information content (AvgIpc) is 3.37. The van der Waals surface area contributed by atoms with Gasteiger partial charge in [0, 0.05) is 17.3 Å². The summed E-state index contributed by atoms with van der Waals surface area (Å²) in [6, 6.07) is 5.67. The summed E-state index contributed by atoms with van der Waals surface area (Å²) in [6.45, 7) is 4.53. The number of carboxylic acid groups (broad SMARTS) is 2. The summed E-state index contributed by atoms with van der Waals surface area (Å²) < 4.78 is 10.8. The molecule has 0 radical (unpaired) electrons. The third-order valence-corrected chi connectivity index (χ3v) is 6.55. The molecule has 0 atom stereocenters. The van der Waals surface area contributed by atoms with E-state index in [-0.39, 0.29) is 24.5 Å². The summed E-state index contributed by atoms with van der Waals surface area (Å²) >= 11 is 1.45. The van der Waals surface area contributed by atoms with Crippen LogP contribution in [0.1, 0.15) is 58.5 Å². The molecule has 4 rings (SSSR count). The summed E-state index contributed by atoms with van der Waals surface area (Å²) in [5.41, 5.74) is 2.53. The monoisotopic (exact) mass is 476 g/mol. The first-order valence-electron chi connectivity index (χ1n) is 10.7. The van der Waals surface area contributed by atoms with Gasteiger partial charge in [0.2, 0.25) is 12.7 Å². The second-order valence-corrected chi connectivity index (χ2v) is 9.28. The predicted molar refractivity (Wildman–Crippen MR) is 123 cm³/mol. The van der Waals surface area contributed by atoms with Crippen LogP contribution in [0.15, 0.2) is 18.2 Å². The lowest BCUT2D eigenvalue weighted by Crippen LogP contribution is -2.27. The molecular weight excluding hydrogens is 448 g/mol. The minimum Gasteiger partial charge on any atom is -0.454 e. The van der Waals surface area contributed by atoms with Crippen molar-refractivity contribution in [2.75, 3.05) is 12.1 Å². The van der Waals surface area contributed by atoms with Crippen LogP contribution in [0.3, 0.4) is 0 Å². The number of hydrogen-bond acceptors (Lipinski definition) is 6. The molecule has 2 aliphatic rings. The van der Waals surface area contributed by atoms with Gasteiger partial charge in [-0.2, -0.15) is 0 Å². The Morgan fingerprint density at radius 2 is 1.67 bits per heavy atom. The SMILES string of the molecule is Cc1cc(C(=O)NCc2cc3c(cc2C)OCO3)c(NC(=O)C2CCCCC2)s1.O=C(O)O. The van der Waals surface area contributed by atoms with Crippen molar-refractivity contribution in [2.45, 2.75) is 52.5 Å². The Morgan fingerprint density at radius 3 is 2.33 bits per heavy atom. The number of carbonyl (C=O) groups excluding carboxylic acids is 2. The summed E-state index contributed by atoms with van der Waals surface area (Å²) in [4.78, 5) is 35.0. The van der Waals surface area contributed by atoms with Gasteiger partial charge in [0.15, 0.2) is 11.5 Å². The molecule has 1 aromatic carbocycles. The quantitative estimate of drug-likeness (QED) is 0.488. The van der Waals surface area contributed by atoms with E-state index in [1.165, 1.54) is 17.8 Å². The lowest BCUT2D eigenvalue weighted by Gasteiger charge is -2.20. The van der Waals surface area contributed by atoms with E-state index in [4.69, 9.17) is 24.5 Å². The third kappa shape index (κ3) is 6.61. The zero-order valence-electron chi connectivity index (χ0n) is 18.6. The fraction of sp³-hybridized carbons (Fsp3) is 0.435. The summed E-state index contributed by atoms with van der Waals surface area (Å²) in [5.74, 6) is 1.33. The van der Waals surface area contributed by atoms with Crippen LogP contribution in [0.5, 0.6) is 11.5 Å². The molecule has 1 saturated carbocycles. The molecule has 0 saturated heterocycles. The molecule has 1 aromatic heterocycles. The first kappa shape index (κ1) is 24.4. The largest absolute Gasteiger partial charge is 0.503 e. The fourth-order valence-electron chi connectivity index (χ4n) is 3.90. The number of benzene rings is 1. The lowest BCUT2D eigenvalue weighted by molar-refractivity contribution is -0.120. The van der Waals surface area contributed by atoms with Gasteiger partial charge in [0.25, 0.3) is 5.91 Å². The fourth-order valence-corrected chi connectivity index (χ4v) is 4.81. The van der Waals surface area contributed by atoms with Gasteiger partial charge >= 0.3 is 6.16 Å². The topological polar surface area (TPSA) is 134 Å². The third-order valence-electron chi connectivity index (χ3n) is 5.58. The van der Waals surface area contributed by atoms with Crippen LogP contribution in [0.2, 0.25) is 0 Å². The van der Waals surface area contributed by atoms with Crippen molar-refractivity contribution >= 4 is 34.3 Å². The Kier molecular flexibility index (Phi) is 8.16. The molecule has 1 fully saturated rings. The number of carbonyl (C=O) groups is 3.